The molecule has 1 aromatic heterocycles. The summed E-state index contributed by atoms with van der Waals surface area (Å²) in [4.78, 5) is 16.9. The van der Waals surface area contributed by atoms with E-state index < -0.39 is 0 Å². The Morgan fingerprint density at radius 3 is 2.59 bits per heavy atom. The number of anilines is 1. The molecule has 1 spiro atoms. The largest absolute Gasteiger partial charge is 0.378 e. The van der Waals surface area contributed by atoms with E-state index in [2.05, 4.69) is 63.0 Å². The Morgan fingerprint density at radius 2 is 1.82 bits per heavy atom. The topological polar surface area (TPSA) is 54.0 Å². The van der Waals surface area contributed by atoms with E-state index in [4.69, 9.17) is 14.5 Å². The second kappa shape index (κ2) is 11.1. The Kier molecular flexibility index (Phi) is 7.74. The van der Waals surface area contributed by atoms with Crippen molar-refractivity contribution in [1.29, 1.82) is 0 Å². The summed E-state index contributed by atoms with van der Waals surface area (Å²) in [5.41, 5.74) is 2.55. The predicted molar refractivity (Wildman–Crippen MR) is 134 cm³/mol. The van der Waals surface area contributed by atoms with Crippen molar-refractivity contribution in [2.24, 2.45) is 0 Å². The second-order valence-corrected chi connectivity index (χ2v) is 9.95. The number of benzene rings is 1. The smallest absolute Gasteiger partial charge is 0.225 e. The fourth-order valence-corrected chi connectivity index (χ4v) is 5.72. The number of hydrogen-bond acceptors (Lipinski definition) is 7. The summed E-state index contributed by atoms with van der Waals surface area (Å²) in [7, 11) is 0. The van der Waals surface area contributed by atoms with Gasteiger partial charge in [0.15, 0.2) is 0 Å². The first kappa shape index (κ1) is 23.7. The maximum absolute atomic E-state index is 6.48. The highest BCUT2D eigenvalue weighted by Gasteiger charge is 2.41. The zero-order valence-electron chi connectivity index (χ0n) is 20.6. The Labute approximate surface area is 204 Å². The molecule has 0 amide bonds. The molecule has 2 aromatic rings. The number of nitrogens with zero attached hydrogens (tertiary/aromatic N) is 5. The molecule has 3 aliphatic rings. The minimum absolute atomic E-state index is 0.0359. The SMILES string of the molecule is CCN(Cc1ccnc(N2CCOCC2)n1)[C@H]1CCOC2(CCN(Cc3ccccc3)CC2)C1. The van der Waals surface area contributed by atoms with Gasteiger partial charge in [-0.15, -0.1) is 0 Å². The number of likely N-dealkylation sites (tertiary alicyclic amines) is 1. The first-order valence-electron chi connectivity index (χ1n) is 13.0. The van der Waals surface area contributed by atoms with Gasteiger partial charge in [-0.05, 0) is 43.9 Å². The molecule has 3 saturated heterocycles. The highest BCUT2D eigenvalue weighted by molar-refractivity contribution is 5.30. The van der Waals surface area contributed by atoms with Crippen molar-refractivity contribution in [3.05, 3.63) is 53.9 Å². The van der Waals surface area contributed by atoms with Gasteiger partial charge in [-0.2, -0.15) is 0 Å². The van der Waals surface area contributed by atoms with Gasteiger partial charge in [0.05, 0.1) is 24.5 Å². The van der Waals surface area contributed by atoms with Gasteiger partial charge in [0.2, 0.25) is 5.95 Å². The predicted octanol–water partition coefficient (Wildman–Crippen LogP) is 3.35. The van der Waals surface area contributed by atoms with Crippen molar-refractivity contribution in [1.82, 2.24) is 19.8 Å². The number of piperidine rings is 1. The van der Waals surface area contributed by atoms with Crippen molar-refractivity contribution in [3.63, 3.8) is 0 Å². The molecule has 7 nitrogen and oxygen atoms in total. The average molecular weight is 466 g/mol. The van der Waals surface area contributed by atoms with E-state index in [0.29, 0.717) is 6.04 Å². The third-order valence-corrected chi connectivity index (χ3v) is 7.77. The molecule has 0 radical (unpaired) electrons. The fourth-order valence-electron chi connectivity index (χ4n) is 5.72. The van der Waals surface area contributed by atoms with E-state index in [-0.39, 0.29) is 5.60 Å². The lowest BCUT2D eigenvalue weighted by Crippen LogP contribution is -2.53. The summed E-state index contributed by atoms with van der Waals surface area (Å²) in [5.74, 6) is 0.839. The van der Waals surface area contributed by atoms with Crippen molar-refractivity contribution in [2.45, 2.75) is 57.3 Å². The van der Waals surface area contributed by atoms with Crippen molar-refractivity contribution in [2.75, 3.05) is 57.4 Å². The number of ether oxygens (including phenoxy) is 2. The Morgan fingerprint density at radius 1 is 1.03 bits per heavy atom. The van der Waals surface area contributed by atoms with Gasteiger partial charge in [0.25, 0.3) is 0 Å². The lowest BCUT2D eigenvalue weighted by Gasteiger charge is -2.48. The van der Waals surface area contributed by atoms with Gasteiger partial charge < -0.3 is 14.4 Å². The summed E-state index contributed by atoms with van der Waals surface area (Å²) in [6.07, 6.45) is 6.40. The molecular formula is C27H39N5O2. The van der Waals surface area contributed by atoms with Crippen molar-refractivity contribution >= 4 is 5.95 Å². The quantitative estimate of drug-likeness (QED) is 0.622. The van der Waals surface area contributed by atoms with Crippen LogP contribution in [0.25, 0.3) is 0 Å². The summed E-state index contributed by atoms with van der Waals surface area (Å²) in [5, 5.41) is 0. The second-order valence-electron chi connectivity index (χ2n) is 9.95. The van der Waals surface area contributed by atoms with Crippen LogP contribution >= 0.6 is 0 Å². The molecule has 1 atom stereocenters. The standard InChI is InChI=1S/C27H39N5O2/c1-2-31(22-24-8-12-28-26(29-24)32-15-18-33-19-16-32)25-9-17-34-27(20-25)10-13-30(14-11-27)21-23-6-4-3-5-7-23/h3-8,12,25H,2,9-11,13-22H2,1H3/t25-/m0/s1. The summed E-state index contributed by atoms with van der Waals surface area (Å²) in [6.45, 7) is 11.5. The van der Waals surface area contributed by atoms with E-state index in [1.165, 1.54) is 5.56 Å². The monoisotopic (exact) mass is 465 g/mol. The molecule has 5 rings (SSSR count). The molecular weight excluding hydrogens is 426 g/mol. The Balaban J connectivity index is 1.18. The van der Waals surface area contributed by atoms with E-state index >= 15 is 0 Å². The van der Waals surface area contributed by atoms with Crippen LogP contribution in [0.15, 0.2) is 42.6 Å². The Hall–Kier alpha value is -2.06. The minimum Gasteiger partial charge on any atom is -0.378 e. The average Bonchev–Trinajstić information content (AvgIpc) is 2.90. The number of hydrogen-bond donors (Lipinski definition) is 0. The maximum atomic E-state index is 6.48. The van der Waals surface area contributed by atoms with Crippen LogP contribution in [0.5, 0.6) is 0 Å². The van der Waals surface area contributed by atoms with E-state index in [1.54, 1.807) is 0 Å². The van der Waals surface area contributed by atoms with Crippen LogP contribution in [0.2, 0.25) is 0 Å². The highest BCUT2D eigenvalue weighted by Crippen LogP contribution is 2.37. The Bertz CT molecular complexity index is 897. The zero-order chi connectivity index (χ0) is 23.2. The molecule has 0 aliphatic carbocycles. The third-order valence-electron chi connectivity index (χ3n) is 7.77. The fraction of sp³-hybridized carbons (Fsp3) is 0.630. The van der Waals surface area contributed by atoms with E-state index in [9.17, 15) is 0 Å². The van der Waals surface area contributed by atoms with Gasteiger partial charge in [-0.3, -0.25) is 9.80 Å². The molecule has 1 aromatic carbocycles. The summed E-state index contributed by atoms with van der Waals surface area (Å²) >= 11 is 0. The molecule has 184 valence electrons. The van der Waals surface area contributed by atoms with Crippen LogP contribution in [-0.2, 0) is 22.6 Å². The molecule has 0 bridgehead atoms. The number of morpholine rings is 1. The van der Waals surface area contributed by atoms with Crippen LogP contribution in [0.4, 0.5) is 5.95 Å². The maximum Gasteiger partial charge on any atom is 0.225 e. The number of aromatic nitrogens is 2. The summed E-state index contributed by atoms with van der Waals surface area (Å²) < 4.78 is 12.0. The molecule has 0 N–H and O–H groups in total. The van der Waals surface area contributed by atoms with Gasteiger partial charge >= 0.3 is 0 Å². The first-order chi connectivity index (χ1) is 16.7. The van der Waals surface area contributed by atoms with Gasteiger partial charge in [0.1, 0.15) is 0 Å². The van der Waals surface area contributed by atoms with Crippen LogP contribution < -0.4 is 4.90 Å². The number of rotatable bonds is 7. The third kappa shape index (κ3) is 5.77. The van der Waals surface area contributed by atoms with Gasteiger partial charge in [-0.1, -0.05) is 37.3 Å². The normalized spacial score (nSPS) is 23.5. The van der Waals surface area contributed by atoms with Gasteiger partial charge in [-0.25, -0.2) is 9.97 Å². The minimum atomic E-state index is 0.0359. The van der Waals surface area contributed by atoms with Crippen LogP contribution in [-0.4, -0.2) is 84.0 Å². The molecule has 4 heterocycles. The lowest BCUT2D eigenvalue weighted by atomic mass is 9.81. The van der Waals surface area contributed by atoms with Gasteiger partial charge in [0, 0.05) is 58.1 Å². The van der Waals surface area contributed by atoms with Crippen LogP contribution in [0.3, 0.4) is 0 Å². The van der Waals surface area contributed by atoms with Crippen molar-refractivity contribution < 1.29 is 9.47 Å². The molecule has 0 saturated carbocycles. The summed E-state index contributed by atoms with van der Waals surface area (Å²) in [6, 6.07) is 13.4. The lowest BCUT2D eigenvalue weighted by molar-refractivity contribution is -0.134. The van der Waals surface area contributed by atoms with E-state index in [1.807, 2.05) is 6.20 Å². The molecule has 0 unspecified atom stereocenters. The van der Waals surface area contributed by atoms with E-state index in [0.717, 1.165) is 103 Å². The molecule has 34 heavy (non-hydrogen) atoms. The van der Waals surface area contributed by atoms with Crippen LogP contribution in [0.1, 0.15) is 43.9 Å². The highest BCUT2D eigenvalue weighted by atomic mass is 16.5. The van der Waals surface area contributed by atoms with Crippen LogP contribution in [0, 0.1) is 0 Å². The zero-order valence-corrected chi connectivity index (χ0v) is 20.6. The first-order valence-corrected chi connectivity index (χ1v) is 13.0. The van der Waals surface area contributed by atoms with Crippen molar-refractivity contribution in [3.8, 4) is 0 Å². The molecule has 3 fully saturated rings. The molecule has 7 heteroatoms. The molecule has 3 aliphatic heterocycles.